The van der Waals surface area contributed by atoms with E-state index in [2.05, 4.69) is 10.6 Å². The monoisotopic (exact) mass is 250 g/mol. The highest BCUT2D eigenvalue weighted by atomic mass is 19.1. The van der Waals surface area contributed by atoms with Crippen LogP contribution in [0.15, 0.2) is 24.3 Å². The van der Waals surface area contributed by atoms with Crippen molar-refractivity contribution < 1.29 is 9.18 Å². The molecule has 1 aromatic carbocycles. The van der Waals surface area contributed by atoms with Crippen LogP contribution < -0.4 is 10.6 Å². The second-order valence-electron chi connectivity index (χ2n) is 4.77. The zero-order valence-electron chi connectivity index (χ0n) is 10.4. The average Bonchev–Trinajstić information content (AvgIpc) is 2.87. The fraction of sp³-hybridized carbons (Fsp3) is 0.500. The Balaban J connectivity index is 1.68. The number of nitrogens with one attached hydrogen (secondary N) is 2. The molecule has 3 nitrogen and oxygen atoms in total. The summed E-state index contributed by atoms with van der Waals surface area (Å²) in [7, 11) is 0. The fourth-order valence-electron chi connectivity index (χ4n) is 2.28. The topological polar surface area (TPSA) is 41.1 Å². The molecule has 0 aromatic heterocycles. The van der Waals surface area contributed by atoms with Gasteiger partial charge in [-0.1, -0.05) is 25.0 Å². The Bertz CT molecular complexity index is 403. The van der Waals surface area contributed by atoms with Crippen molar-refractivity contribution in [2.75, 3.05) is 6.54 Å². The molecule has 1 aromatic rings. The summed E-state index contributed by atoms with van der Waals surface area (Å²) in [6.45, 7) is 0.725. The number of amides is 1. The van der Waals surface area contributed by atoms with Crippen molar-refractivity contribution in [2.24, 2.45) is 0 Å². The second-order valence-corrected chi connectivity index (χ2v) is 4.77. The zero-order valence-corrected chi connectivity index (χ0v) is 10.4. The first-order valence-corrected chi connectivity index (χ1v) is 6.48. The van der Waals surface area contributed by atoms with Gasteiger partial charge < -0.3 is 10.6 Å². The van der Waals surface area contributed by atoms with Gasteiger partial charge in [-0.15, -0.1) is 0 Å². The van der Waals surface area contributed by atoms with E-state index in [0.717, 1.165) is 18.4 Å². The Morgan fingerprint density at radius 1 is 1.33 bits per heavy atom. The van der Waals surface area contributed by atoms with Crippen molar-refractivity contribution >= 4 is 5.91 Å². The maximum atomic E-state index is 12.9. The third-order valence-corrected chi connectivity index (χ3v) is 3.29. The molecule has 0 saturated heterocycles. The molecule has 0 atom stereocenters. The van der Waals surface area contributed by atoms with E-state index in [0.29, 0.717) is 19.1 Å². The van der Waals surface area contributed by atoms with Crippen molar-refractivity contribution in [1.29, 1.82) is 0 Å². The Kier molecular flexibility index (Phi) is 4.70. The van der Waals surface area contributed by atoms with Crippen LogP contribution >= 0.6 is 0 Å². The zero-order chi connectivity index (χ0) is 12.8. The highest BCUT2D eigenvalue weighted by molar-refractivity contribution is 5.78. The molecule has 98 valence electrons. The summed E-state index contributed by atoms with van der Waals surface area (Å²) in [6.07, 6.45) is 4.83. The Morgan fingerprint density at radius 3 is 2.83 bits per heavy atom. The van der Waals surface area contributed by atoms with Crippen LogP contribution in [0.3, 0.4) is 0 Å². The van der Waals surface area contributed by atoms with Gasteiger partial charge >= 0.3 is 0 Å². The van der Waals surface area contributed by atoms with Gasteiger partial charge in [0.2, 0.25) is 5.91 Å². The average molecular weight is 250 g/mol. The number of carbonyl (C=O) groups is 1. The largest absolute Gasteiger partial charge is 0.351 e. The van der Waals surface area contributed by atoms with Crippen LogP contribution in [0, 0.1) is 5.82 Å². The molecule has 18 heavy (non-hydrogen) atoms. The van der Waals surface area contributed by atoms with Crippen molar-refractivity contribution in [2.45, 2.75) is 38.3 Å². The van der Waals surface area contributed by atoms with Crippen molar-refractivity contribution in [3.05, 3.63) is 35.6 Å². The summed E-state index contributed by atoms with van der Waals surface area (Å²) in [5.41, 5.74) is 0.782. The number of rotatable bonds is 5. The molecule has 2 N–H and O–H groups in total. The third kappa shape index (κ3) is 4.11. The van der Waals surface area contributed by atoms with Gasteiger partial charge in [0, 0.05) is 12.6 Å². The molecule has 0 spiro atoms. The summed E-state index contributed by atoms with van der Waals surface area (Å²) >= 11 is 0. The van der Waals surface area contributed by atoms with Gasteiger partial charge in [-0.2, -0.15) is 0 Å². The lowest BCUT2D eigenvalue weighted by molar-refractivity contribution is -0.120. The van der Waals surface area contributed by atoms with Crippen LogP contribution in [0.4, 0.5) is 4.39 Å². The molecule has 2 rings (SSSR count). The number of halogens is 1. The standard InChI is InChI=1S/C14H19FN2O/c15-12-5-3-4-11(8-12)9-17-14(18)10-16-13-6-1-2-7-13/h3-5,8,13,16H,1-2,6-7,9-10H2,(H,17,18). The van der Waals surface area contributed by atoms with Gasteiger partial charge in [0.15, 0.2) is 0 Å². The molecular formula is C14H19FN2O. The van der Waals surface area contributed by atoms with E-state index >= 15 is 0 Å². The van der Waals surface area contributed by atoms with Crippen molar-refractivity contribution in [3.8, 4) is 0 Å². The SMILES string of the molecule is O=C(CNC1CCCC1)NCc1cccc(F)c1. The first-order valence-electron chi connectivity index (χ1n) is 6.48. The second kappa shape index (κ2) is 6.50. The highest BCUT2D eigenvalue weighted by Crippen LogP contribution is 2.17. The normalized spacial score (nSPS) is 15.8. The summed E-state index contributed by atoms with van der Waals surface area (Å²) in [4.78, 5) is 11.6. The third-order valence-electron chi connectivity index (χ3n) is 3.29. The molecule has 1 fully saturated rings. The van der Waals surface area contributed by atoms with Gasteiger partial charge in [0.1, 0.15) is 5.82 Å². The lowest BCUT2D eigenvalue weighted by Gasteiger charge is -2.11. The number of hydrogen-bond donors (Lipinski definition) is 2. The number of hydrogen-bond acceptors (Lipinski definition) is 2. The van der Waals surface area contributed by atoms with Gasteiger partial charge in [-0.25, -0.2) is 4.39 Å². The van der Waals surface area contributed by atoms with E-state index in [1.807, 2.05) is 0 Å². The van der Waals surface area contributed by atoms with E-state index in [1.54, 1.807) is 12.1 Å². The summed E-state index contributed by atoms with van der Waals surface area (Å²) in [5.74, 6) is -0.308. The van der Waals surface area contributed by atoms with Gasteiger partial charge in [0.25, 0.3) is 0 Å². The van der Waals surface area contributed by atoms with Crippen LogP contribution in [0.1, 0.15) is 31.2 Å². The van der Waals surface area contributed by atoms with E-state index in [9.17, 15) is 9.18 Å². The van der Waals surface area contributed by atoms with E-state index in [4.69, 9.17) is 0 Å². The Hall–Kier alpha value is -1.42. The van der Waals surface area contributed by atoms with Crippen LogP contribution in [-0.2, 0) is 11.3 Å². The van der Waals surface area contributed by atoms with E-state index < -0.39 is 0 Å². The van der Waals surface area contributed by atoms with Crippen LogP contribution in [0.5, 0.6) is 0 Å². The summed E-state index contributed by atoms with van der Waals surface area (Å²) < 4.78 is 12.9. The quantitative estimate of drug-likeness (QED) is 0.839. The van der Waals surface area contributed by atoms with Crippen molar-refractivity contribution in [1.82, 2.24) is 10.6 Å². The minimum atomic E-state index is -0.272. The van der Waals surface area contributed by atoms with Crippen LogP contribution in [-0.4, -0.2) is 18.5 Å². The van der Waals surface area contributed by atoms with E-state index in [-0.39, 0.29) is 11.7 Å². The Morgan fingerprint density at radius 2 is 2.11 bits per heavy atom. The number of benzene rings is 1. The molecule has 0 bridgehead atoms. The molecule has 0 unspecified atom stereocenters. The molecule has 1 amide bonds. The molecule has 1 aliphatic carbocycles. The first-order chi connectivity index (χ1) is 8.74. The van der Waals surface area contributed by atoms with Gasteiger partial charge in [-0.05, 0) is 30.5 Å². The lowest BCUT2D eigenvalue weighted by atomic mass is 10.2. The number of carbonyl (C=O) groups excluding carboxylic acids is 1. The molecule has 0 aliphatic heterocycles. The smallest absolute Gasteiger partial charge is 0.234 e. The maximum Gasteiger partial charge on any atom is 0.234 e. The molecule has 1 saturated carbocycles. The van der Waals surface area contributed by atoms with Crippen LogP contribution in [0.2, 0.25) is 0 Å². The maximum absolute atomic E-state index is 12.9. The molecule has 0 heterocycles. The molecule has 1 aliphatic rings. The predicted octanol–water partition coefficient (Wildman–Crippen LogP) is 1.97. The van der Waals surface area contributed by atoms with Gasteiger partial charge in [0.05, 0.1) is 6.54 Å². The highest BCUT2D eigenvalue weighted by Gasteiger charge is 2.14. The fourth-order valence-corrected chi connectivity index (χ4v) is 2.28. The molecular weight excluding hydrogens is 231 g/mol. The molecule has 4 heteroatoms. The van der Waals surface area contributed by atoms with Crippen LogP contribution in [0.25, 0.3) is 0 Å². The minimum absolute atomic E-state index is 0.0360. The summed E-state index contributed by atoms with van der Waals surface area (Å²) in [5, 5.41) is 6.02. The predicted molar refractivity (Wildman–Crippen MR) is 68.5 cm³/mol. The van der Waals surface area contributed by atoms with E-state index in [1.165, 1.54) is 25.0 Å². The first kappa shape index (κ1) is 13.0. The molecule has 0 radical (unpaired) electrons. The van der Waals surface area contributed by atoms with Gasteiger partial charge in [-0.3, -0.25) is 4.79 Å². The summed E-state index contributed by atoms with van der Waals surface area (Å²) in [6, 6.07) is 6.77. The van der Waals surface area contributed by atoms with Crippen molar-refractivity contribution in [3.63, 3.8) is 0 Å². The minimum Gasteiger partial charge on any atom is -0.351 e. The lowest BCUT2D eigenvalue weighted by Crippen LogP contribution is -2.37. The Labute approximate surface area is 107 Å².